The maximum Gasteiger partial charge on any atom is 0.341 e. The molecule has 5 nitrogen and oxygen atoms in total. The normalized spacial score (nSPS) is 10.8. The number of aliphatic carboxylic acids is 1. The average Bonchev–Trinajstić information content (AvgIpc) is 2.81. The molecule has 106 valence electrons. The summed E-state index contributed by atoms with van der Waals surface area (Å²) >= 11 is 3.39. The minimum absolute atomic E-state index is 0.244. The van der Waals surface area contributed by atoms with Crippen molar-refractivity contribution in [2.45, 2.75) is 19.8 Å². The highest BCUT2D eigenvalue weighted by atomic mass is 79.9. The van der Waals surface area contributed by atoms with Crippen LogP contribution in [-0.4, -0.2) is 27.5 Å². The van der Waals surface area contributed by atoms with Crippen LogP contribution in [0.5, 0.6) is 5.88 Å². The predicted molar refractivity (Wildman–Crippen MR) is 78.5 cm³/mol. The van der Waals surface area contributed by atoms with Gasteiger partial charge in [0.25, 0.3) is 0 Å². The topological polar surface area (TPSA) is 64.3 Å². The fraction of sp³-hybridized carbons (Fsp3) is 0.286. The van der Waals surface area contributed by atoms with E-state index in [2.05, 4.69) is 21.0 Å². The molecule has 0 aliphatic heterocycles. The van der Waals surface area contributed by atoms with Gasteiger partial charge in [-0.2, -0.15) is 0 Å². The summed E-state index contributed by atoms with van der Waals surface area (Å²) in [5, 5.41) is 13.0. The molecule has 0 amide bonds. The standard InChI is InChI=1S/C14H15BrN2O3/c1-9(2)12-7-13(20-8-14(18)19)16-17(12)11-5-3-10(15)4-6-11/h3-7,9H,8H2,1-2H3,(H,18,19). The minimum atomic E-state index is -1.02. The Morgan fingerprint density at radius 1 is 1.40 bits per heavy atom. The Kier molecular flexibility index (Phi) is 4.44. The summed E-state index contributed by atoms with van der Waals surface area (Å²) in [6.45, 7) is 3.70. The van der Waals surface area contributed by atoms with Crippen LogP contribution in [0.15, 0.2) is 34.8 Å². The number of carbonyl (C=O) groups is 1. The summed E-state index contributed by atoms with van der Waals surface area (Å²) < 4.78 is 7.90. The number of halogens is 1. The molecule has 2 aromatic rings. The van der Waals surface area contributed by atoms with Crippen molar-refractivity contribution in [1.82, 2.24) is 9.78 Å². The van der Waals surface area contributed by atoms with Crippen molar-refractivity contribution in [3.8, 4) is 11.6 Å². The van der Waals surface area contributed by atoms with Crippen molar-refractivity contribution in [3.63, 3.8) is 0 Å². The molecule has 0 aliphatic rings. The number of hydrogen-bond acceptors (Lipinski definition) is 3. The first-order valence-electron chi connectivity index (χ1n) is 6.18. The molecule has 0 atom stereocenters. The highest BCUT2D eigenvalue weighted by Gasteiger charge is 2.14. The molecule has 0 bridgehead atoms. The van der Waals surface area contributed by atoms with Gasteiger partial charge in [0.1, 0.15) is 0 Å². The number of rotatable bonds is 5. The van der Waals surface area contributed by atoms with Gasteiger partial charge in [-0.3, -0.25) is 0 Å². The van der Waals surface area contributed by atoms with Crippen molar-refractivity contribution >= 4 is 21.9 Å². The minimum Gasteiger partial charge on any atom is -0.479 e. The van der Waals surface area contributed by atoms with Crippen LogP contribution < -0.4 is 4.74 Å². The average molecular weight is 339 g/mol. The van der Waals surface area contributed by atoms with E-state index >= 15 is 0 Å². The second-order valence-electron chi connectivity index (χ2n) is 4.63. The highest BCUT2D eigenvalue weighted by Crippen LogP contribution is 2.24. The van der Waals surface area contributed by atoms with E-state index in [1.165, 1.54) is 0 Å². The summed E-state index contributed by atoms with van der Waals surface area (Å²) in [6.07, 6.45) is 0. The molecule has 1 N–H and O–H groups in total. The molecular formula is C14H15BrN2O3. The van der Waals surface area contributed by atoms with Gasteiger partial charge in [0.2, 0.25) is 5.88 Å². The van der Waals surface area contributed by atoms with Gasteiger partial charge >= 0.3 is 5.97 Å². The number of carboxylic acids is 1. The fourth-order valence-corrected chi connectivity index (χ4v) is 2.04. The van der Waals surface area contributed by atoms with Crippen LogP contribution in [-0.2, 0) is 4.79 Å². The summed E-state index contributed by atoms with van der Waals surface area (Å²) in [7, 11) is 0. The zero-order valence-electron chi connectivity index (χ0n) is 11.2. The summed E-state index contributed by atoms with van der Waals surface area (Å²) in [4.78, 5) is 10.5. The number of aromatic nitrogens is 2. The lowest BCUT2D eigenvalue weighted by Crippen LogP contribution is -2.10. The van der Waals surface area contributed by atoms with Gasteiger partial charge in [0, 0.05) is 10.5 Å². The molecule has 6 heteroatoms. The van der Waals surface area contributed by atoms with E-state index in [-0.39, 0.29) is 5.92 Å². The van der Waals surface area contributed by atoms with Crippen molar-refractivity contribution in [1.29, 1.82) is 0 Å². The van der Waals surface area contributed by atoms with E-state index in [9.17, 15) is 4.79 Å². The summed E-state index contributed by atoms with van der Waals surface area (Å²) in [6, 6.07) is 9.50. The summed E-state index contributed by atoms with van der Waals surface area (Å²) in [5.74, 6) is -0.457. The Morgan fingerprint density at radius 3 is 2.60 bits per heavy atom. The molecule has 0 fully saturated rings. The first kappa shape index (κ1) is 14.6. The van der Waals surface area contributed by atoms with Crippen molar-refractivity contribution < 1.29 is 14.6 Å². The number of carboxylic acid groups (broad SMARTS) is 1. The van der Waals surface area contributed by atoms with Crippen molar-refractivity contribution in [2.24, 2.45) is 0 Å². The molecule has 1 aromatic carbocycles. The van der Waals surface area contributed by atoms with Gasteiger partial charge in [-0.25, -0.2) is 9.48 Å². The second-order valence-corrected chi connectivity index (χ2v) is 5.55. The Bertz CT molecular complexity index is 605. The van der Waals surface area contributed by atoms with E-state index in [4.69, 9.17) is 9.84 Å². The molecular weight excluding hydrogens is 324 g/mol. The molecule has 20 heavy (non-hydrogen) atoms. The Labute approximate surface area is 125 Å². The number of benzene rings is 1. The molecule has 0 aliphatic carbocycles. The Morgan fingerprint density at radius 2 is 2.05 bits per heavy atom. The number of ether oxygens (including phenoxy) is 1. The molecule has 0 unspecified atom stereocenters. The van der Waals surface area contributed by atoms with E-state index in [0.29, 0.717) is 5.88 Å². The zero-order chi connectivity index (χ0) is 14.7. The smallest absolute Gasteiger partial charge is 0.341 e. The van der Waals surface area contributed by atoms with Crippen molar-refractivity contribution in [3.05, 3.63) is 40.5 Å². The van der Waals surface area contributed by atoms with Crippen LogP contribution in [0.1, 0.15) is 25.5 Å². The molecule has 0 saturated heterocycles. The van der Waals surface area contributed by atoms with Gasteiger partial charge in [-0.1, -0.05) is 29.8 Å². The van der Waals surface area contributed by atoms with E-state index < -0.39 is 12.6 Å². The van der Waals surface area contributed by atoms with Crippen LogP contribution in [0.4, 0.5) is 0 Å². The SMILES string of the molecule is CC(C)c1cc(OCC(=O)O)nn1-c1ccc(Br)cc1. The maximum absolute atomic E-state index is 10.5. The number of hydrogen-bond donors (Lipinski definition) is 1. The Hall–Kier alpha value is -1.82. The predicted octanol–water partition coefficient (Wildman–Crippen LogP) is 3.22. The van der Waals surface area contributed by atoms with E-state index in [1.54, 1.807) is 10.7 Å². The third-order valence-corrected chi connectivity index (χ3v) is 3.25. The third kappa shape index (κ3) is 3.39. The molecule has 0 saturated carbocycles. The van der Waals surface area contributed by atoms with E-state index in [1.807, 2.05) is 38.1 Å². The van der Waals surface area contributed by atoms with Gasteiger partial charge in [0.05, 0.1) is 11.4 Å². The molecule has 0 radical (unpaired) electrons. The van der Waals surface area contributed by atoms with E-state index in [0.717, 1.165) is 15.9 Å². The van der Waals surface area contributed by atoms with Gasteiger partial charge in [-0.05, 0) is 30.2 Å². The first-order valence-corrected chi connectivity index (χ1v) is 6.97. The van der Waals surface area contributed by atoms with Gasteiger partial charge < -0.3 is 9.84 Å². The lowest BCUT2D eigenvalue weighted by atomic mass is 10.1. The largest absolute Gasteiger partial charge is 0.479 e. The van der Waals surface area contributed by atoms with Crippen LogP contribution in [0.3, 0.4) is 0 Å². The second kappa shape index (κ2) is 6.09. The van der Waals surface area contributed by atoms with Crippen LogP contribution in [0.25, 0.3) is 5.69 Å². The fourth-order valence-electron chi connectivity index (χ4n) is 1.78. The van der Waals surface area contributed by atoms with Gasteiger partial charge in [0.15, 0.2) is 6.61 Å². The lowest BCUT2D eigenvalue weighted by molar-refractivity contribution is -0.139. The first-order chi connectivity index (χ1) is 9.47. The molecule has 1 aromatic heterocycles. The highest BCUT2D eigenvalue weighted by molar-refractivity contribution is 9.10. The lowest BCUT2D eigenvalue weighted by Gasteiger charge is -2.09. The van der Waals surface area contributed by atoms with Crippen molar-refractivity contribution in [2.75, 3.05) is 6.61 Å². The number of nitrogens with zero attached hydrogens (tertiary/aromatic N) is 2. The Balaban J connectivity index is 2.35. The molecule has 1 heterocycles. The van der Waals surface area contributed by atoms with Crippen LogP contribution in [0.2, 0.25) is 0 Å². The zero-order valence-corrected chi connectivity index (χ0v) is 12.8. The summed E-state index contributed by atoms with van der Waals surface area (Å²) in [5.41, 5.74) is 1.87. The molecule has 0 spiro atoms. The van der Waals surface area contributed by atoms with Crippen LogP contribution in [0, 0.1) is 0 Å². The van der Waals surface area contributed by atoms with Crippen LogP contribution >= 0.6 is 15.9 Å². The van der Waals surface area contributed by atoms with Gasteiger partial charge in [-0.15, -0.1) is 5.10 Å². The monoisotopic (exact) mass is 338 g/mol. The molecule has 2 rings (SSSR count). The quantitative estimate of drug-likeness (QED) is 0.908. The maximum atomic E-state index is 10.5. The third-order valence-electron chi connectivity index (χ3n) is 2.72.